The van der Waals surface area contributed by atoms with E-state index in [1.54, 1.807) is 0 Å². The fraction of sp³-hybridized carbons (Fsp3) is 0.250. The second kappa shape index (κ2) is 3.66. The Bertz CT molecular complexity index is 474. The zero-order valence-corrected chi connectivity index (χ0v) is 10.4. The van der Waals surface area contributed by atoms with Crippen molar-refractivity contribution in [3.8, 4) is 0 Å². The van der Waals surface area contributed by atoms with Crippen molar-refractivity contribution in [1.82, 2.24) is 4.98 Å². The lowest BCUT2D eigenvalue weighted by molar-refractivity contribution is 1.40. The smallest absolute Gasteiger partial charge is 0.144 e. The predicted molar refractivity (Wildman–Crippen MR) is 68.7 cm³/mol. The van der Waals surface area contributed by atoms with Crippen molar-refractivity contribution in [2.75, 3.05) is 4.98 Å². The molecule has 1 aromatic heterocycles. The summed E-state index contributed by atoms with van der Waals surface area (Å²) in [4.78, 5) is 7.97. The number of anilines is 1. The molecule has 0 spiro atoms. The minimum Gasteiger partial charge on any atom is -0.410 e. The van der Waals surface area contributed by atoms with Crippen LogP contribution in [0.15, 0.2) is 36.5 Å². The van der Waals surface area contributed by atoms with Gasteiger partial charge in [0.05, 0.1) is 5.52 Å². The average Bonchev–Trinajstić information content (AvgIpc) is 2.15. The number of hydrogen-bond acceptors (Lipinski definition) is 2. The first-order chi connectivity index (χ1) is 7.04. The van der Waals surface area contributed by atoms with Crippen molar-refractivity contribution in [2.24, 2.45) is 0 Å². The molecule has 1 heterocycles. The molecule has 0 bridgehead atoms. The number of nitrogens with one attached hydrogen (secondary N) is 1. The molecule has 0 aliphatic heterocycles. The summed E-state index contributed by atoms with van der Waals surface area (Å²) in [5, 5.41) is 1.20. The zero-order valence-electron chi connectivity index (χ0n) is 9.41. The minimum atomic E-state index is -1.28. The maximum Gasteiger partial charge on any atom is 0.144 e. The maximum atomic E-state index is 4.43. The van der Waals surface area contributed by atoms with Crippen LogP contribution in [0.1, 0.15) is 0 Å². The summed E-state index contributed by atoms with van der Waals surface area (Å²) >= 11 is 0. The fourth-order valence-corrected chi connectivity index (χ4v) is 2.58. The summed E-state index contributed by atoms with van der Waals surface area (Å²) in [6.45, 7) is 6.84. The van der Waals surface area contributed by atoms with Crippen LogP contribution in [0.5, 0.6) is 0 Å². The van der Waals surface area contributed by atoms with Crippen molar-refractivity contribution in [3.05, 3.63) is 36.5 Å². The molecule has 2 rings (SSSR count). The van der Waals surface area contributed by atoms with E-state index < -0.39 is 8.24 Å². The van der Waals surface area contributed by atoms with Crippen molar-refractivity contribution < 1.29 is 0 Å². The molecule has 3 heteroatoms. The Hall–Kier alpha value is -1.35. The molecule has 0 aliphatic carbocycles. The first-order valence-corrected chi connectivity index (χ1v) is 8.68. The van der Waals surface area contributed by atoms with Crippen LogP contribution < -0.4 is 4.98 Å². The number of pyridine rings is 1. The number of benzene rings is 1. The van der Waals surface area contributed by atoms with Gasteiger partial charge in [0.1, 0.15) is 8.24 Å². The maximum absolute atomic E-state index is 4.43. The van der Waals surface area contributed by atoms with E-state index in [9.17, 15) is 0 Å². The number of para-hydroxylation sites is 1. The van der Waals surface area contributed by atoms with Crippen LogP contribution in [0.4, 0.5) is 5.69 Å². The molecule has 0 saturated heterocycles. The molecule has 1 N–H and O–H groups in total. The molecule has 0 fully saturated rings. The molecule has 78 valence electrons. The SMILES string of the molecule is C[Si](C)(C)Nc1cnc2ccccc2c1. The Morgan fingerprint density at radius 3 is 2.60 bits per heavy atom. The van der Waals surface area contributed by atoms with E-state index in [2.05, 4.69) is 41.7 Å². The van der Waals surface area contributed by atoms with Gasteiger partial charge in [-0.25, -0.2) is 0 Å². The third-order valence-corrected chi connectivity index (χ3v) is 3.15. The normalized spacial score (nSPS) is 11.7. The van der Waals surface area contributed by atoms with Gasteiger partial charge in [-0.05, 0) is 12.1 Å². The topological polar surface area (TPSA) is 24.9 Å². The molecular weight excluding hydrogens is 200 g/mol. The lowest BCUT2D eigenvalue weighted by Crippen LogP contribution is -2.32. The molecular formula is C12H16N2Si. The highest BCUT2D eigenvalue weighted by Gasteiger charge is 2.12. The summed E-state index contributed by atoms with van der Waals surface area (Å²) in [5.41, 5.74) is 2.19. The molecule has 1 aromatic carbocycles. The third kappa shape index (κ3) is 2.56. The largest absolute Gasteiger partial charge is 0.410 e. The Labute approximate surface area is 91.4 Å². The highest BCUT2D eigenvalue weighted by molar-refractivity contribution is 6.79. The summed E-state index contributed by atoms with van der Waals surface area (Å²) in [6.07, 6.45) is 1.92. The summed E-state index contributed by atoms with van der Waals surface area (Å²) < 4.78 is 0. The van der Waals surface area contributed by atoms with E-state index in [0.29, 0.717) is 0 Å². The number of aromatic nitrogens is 1. The molecule has 0 radical (unpaired) electrons. The Balaban J connectivity index is 2.39. The van der Waals surface area contributed by atoms with Crippen molar-refractivity contribution in [3.63, 3.8) is 0 Å². The van der Waals surface area contributed by atoms with E-state index in [1.165, 1.54) is 5.39 Å². The van der Waals surface area contributed by atoms with Crippen LogP contribution in [0.2, 0.25) is 19.6 Å². The van der Waals surface area contributed by atoms with Crippen molar-refractivity contribution in [2.45, 2.75) is 19.6 Å². The third-order valence-electron chi connectivity index (χ3n) is 2.11. The van der Waals surface area contributed by atoms with Crippen LogP contribution in [0.3, 0.4) is 0 Å². The van der Waals surface area contributed by atoms with E-state index in [-0.39, 0.29) is 0 Å². The number of hydrogen-bond donors (Lipinski definition) is 1. The molecule has 0 amide bonds. The first-order valence-electron chi connectivity index (χ1n) is 5.18. The Kier molecular flexibility index (Phi) is 2.48. The van der Waals surface area contributed by atoms with E-state index in [0.717, 1.165) is 11.2 Å². The highest BCUT2D eigenvalue weighted by atomic mass is 28.3. The van der Waals surface area contributed by atoms with Gasteiger partial charge in [-0.1, -0.05) is 37.8 Å². The van der Waals surface area contributed by atoms with Gasteiger partial charge in [0, 0.05) is 17.3 Å². The molecule has 0 saturated carbocycles. The lowest BCUT2D eigenvalue weighted by Gasteiger charge is -2.19. The average molecular weight is 216 g/mol. The highest BCUT2D eigenvalue weighted by Crippen LogP contribution is 2.18. The summed E-state index contributed by atoms with van der Waals surface area (Å²) in [6, 6.07) is 10.4. The molecule has 2 aromatic rings. The van der Waals surface area contributed by atoms with Crippen LogP contribution in [-0.4, -0.2) is 13.2 Å². The van der Waals surface area contributed by atoms with Gasteiger partial charge in [0.25, 0.3) is 0 Å². The van der Waals surface area contributed by atoms with Gasteiger partial charge in [-0.15, -0.1) is 0 Å². The molecule has 2 nitrogen and oxygen atoms in total. The van der Waals surface area contributed by atoms with Gasteiger partial charge in [0.2, 0.25) is 0 Å². The quantitative estimate of drug-likeness (QED) is 0.777. The van der Waals surface area contributed by atoms with E-state index in [4.69, 9.17) is 0 Å². The van der Waals surface area contributed by atoms with Crippen LogP contribution in [0.25, 0.3) is 10.9 Å². The van der Waals surface area contributed by atoms with Gasteiger partial charge in [-0.2, -0.15) is 0 Å². The van der Waals surface area contributed by atoms with Crippen LogP contribution >= 0.6 is 0 Å². The fourth-order valence-electron chi connectivity index (χ4n) is 1.57. The standard InChI is InChI=1S/C12H16N2Si/c1-15(2,3)14-11-8-10-6-4-5-7-12(10)13-9-11/h4-9,14H,1-3H3. The number of rotatable bonds is 2. The molecule has 0 aliphatic rings. The lowest BCUT2D eigenvalue weighted by atomic mass is 10.2. The second-order valence-corrected chi connectivity index (χ2v) is 9.54. The summed E-state index contributed by atoms with van der Waals surface area (Å²) in [5.74, 6) is 0. The molecule has 0 unspecified atom stereocenters. The van der Waals surface area contributed by atoms with Crippen LogP contribution in [0, 0.1) is 0 Å². The zero-order chi connectivity index (χ0) is 10.9. The van der Waals surface area contributed by atoms with Gasteiger partial charge >= 0.3 is 0 Å². The van der Waals surface area contributed by atoms with Crippen LogP contribution in [-0.2, 0) is 0 Å². The van der Waals surface area contributed by atoms with Crippen molar-refractivity contribution in [1.29, 1.82) is 0 Å². The number of fused-ring (bicyclic) bond motifs is 1. The van der Waals surface area contributed by atoms with Gasteiger partial charge in [-0.3, -0.25) is 4.98 Å². The molecule has 0 atom stereocenters. The van der Waals surface area contributed by atoms with Gasteiger partial charge in [0.15, 0.2) is 0 Å². The predicted octanol–water partition coefficient (Wildman–Crippen LogP) is 3.48. The van der Waals surface area contributed by atoms with E-state index >= 15 is 0 Å². The first kappa shape index (κ1) is 10.2. The Morgan fingerprint density at radius 1 is 1.13 bits per heavy atom. The summed E-state index contributed by atoms with van der Waals surface area (Å²) in [7, 11) is -1.28. The number of nitrogens with zero attached hydrogens (tertiary/aromatic N) is 1. The minimum absolute atomic E-state index is 1.05. The van der Waals surface area contributed by atoms with Crippen molar-refractivity contribution >= 4 is 24.8 Å². The van der Waals surface area contributed by atoms with Gasteiger partial charge < -0.3 is 4.98 Å². The second-order valence-electron chi connectivity index (χ2n) is 4.79. The molecule has 15 heavy (non-hydrogen) atoms. The Morgan fingerprint density at radius 2 is 1.87 bits per heavy atom. The van der Waals surface area contributed by atoms with E-state index in [1.807, 2.05) is 24.4 Å². The monoisotopic (exact) mass is 216 g/mol.